The highest BCUT2D eigenvalue weighted by Gasteiger charge is 2.63. The van der Waals surface area contributed by atoms with Gasteiger partial charge in [-0.2, -0.15) is 0 Å². The van der Waals surface area contributed by atoms with Crippen LogP contribution in [-0.2, 0) is 23.9 Å². The third-order valence-electron chi connectivity index (χ3n) is 10.7. The van der Waals surface area contributed by atoms with Crippen LogP contribution in [0.5, 0.6) is 0 Å². The third kappa shape index (κ3) is 3.86. The van der Waals surface area contributed by atoms with E-state index >= 15 is 0 Å². The Balaban J connectivity index is 1.57. The number of hydrogen-bond donors (Lipinski definition) is 1. The molecular weight excluding hydrogens is 408 g/mol. The van der Waals surface area contributed by atoms with Gasteiger partial charge in [-0.15, -0.1) is 0 Å². The molecule has 0 aromatic heterocycles. The predicted octanol–water partition coefficient (Wildman–Crippen LogP) is 4.84. The second kappa shape index (κ2) is 8.98. The Labute approximate surface area is 191 Å². The van der Waals surface area contributed by atoms with Crippen LogP contribution >= 0.6 is 0 Å². The number of carboxylic acids is 1. The van der Waals surface area contributed by atoms with Crippen molar-refractivity contribution in [1.82, 2.24) is 0 Å². The number of carbonyl (C=O) groups excluding carboxylic acids is 2. The molecular formula is C26H40O6. The van der Waals surface area contributed by atoms with Gasteiger partial charge in [-0.3, -0.25) is 14.4 Å². The van der Waals surface area contributed by atoms with Gasteiger partial charge in [0.2, 0.25) is 0 Å². The van der Waals surface area contributed by atoms with E-state index in [1.165, 1.54) is 25.7 Å². The molecule has 1 N–H and O–H groups in total. The predicted molar refractivity (Wildman–Crippen MR) is 119 cm³/mol. The first kappa shape index (κ1) is 23.6. The molecule has 0 amide bonds. The Morgan fingerprint density at radius 2 is 1.66 bits per heavy atom. The molecule has 6 nitrogen and oxygen atoms in total. The molecule has 6 heteroatoms. The molecule has 0 radical (unpaired) electrons. The van der Waals surface area contributed by atoms with Crippen molar-refractivity contribution in [2.24, 2.45) is 46.3 Å². The van der Waals surface area contributed by atoms with Crippen molar-refractivity contribution >= 4 is 18.9 Å². The highest BCUT2D eigenvalue weighted by molar-refractivity contribution is 5.66. The molecule has 32 heavy (non-hydrogen) atoms. The first-order valence-corrected chi connectivity index (χ1v) is 12.6. The number of ether oxygens (including phenoxy) is 2. The van der Waals surface area contributed by atoms with E-state index in [1.807, 2.05) is 0 Å². The maximum atomic E-state index is 11.4. The molecule has 4 aliphatic carbocycles. The van der Waals surface area contributed by atoms with Gasteiger partial charge in [0.1, 0.15) is 12.2 Å². The van der Waals surface area contributed by atoms with Gasteiger partial charge in [0, 0.05) is 12.3 Å². The Kier molecular flexibility index (Phi) is 6.61. The van der Waals surface area contributed by atoms with Crippen LogP contribution in [0.15, 0.2) is 0 Å². The topological polar surface area (TPSA) is 89.9 Å². The SMILES string of the molecule is C[C@H](CCC(=O)O)[C@H]1CC[C@H]2[C@@H]3C[C@H](OC=O)[C@@H]4C[C@H](OC=O)CC[C@]4(C)[C@H]3CC[C@]12C. The molecule has 0 spiro atoms. The van der Waals surface area contributed by atoms with Crippen LogP contribution in [0.25, 0.3) is 0 Å². The van der Waals surface area contributed by atoms with Crippen LogP contribution < -0.4 is 0 Å². The standard InChI is InChI=1S/C26H40O6/c1-16(4-7-24(29)30)19-5-6-20-18-13-23(32-15-28)22-12-17(31-14-27)8-10-26(22,3)21(18)9-11-25(19,20)2/h14-23H,4-13H2,1-3H3,(H,29,30)/t16-,17-,18+,19-,20+,21+,22+,23+,25-,26-/m1/s1. The van der Waals surface area contributed by atoms with Gasteiger partial charge in [0.05, 0.1) is 0 Å². The van der Waals surface area contributed by atoms with Crippen molar-refractivity contribution < 1.29 is 29.0 Å². The zero-order valence-electron chi connectivity index (χ0n) is 19.8. The summed E-state index contributed by atoms with van der Waals surface area (Å²) >= 11 is 0. The summed E-state index contributed by atoms with van der Waals surface area (Å²) in [6.45, 7) is 8.28. The molecule has 0 saturated heterocycles. The van der Waals surface area contributed by atoms with Gasteiger partial charge >= 0.3 is 5.97 Å². The van der Waals surface area contributed by atoms with Gasteiger partial charge in [0.25, 0.3) is 12.9 Å². The molecule has 0 aromatic rings. The largest absolute Gasteiger partial charge is 0.481 e. The molecule has 10 atom stereocenters. The first-order valence-electron chi connectivity index (χ1n) is 12.6. The summed E-state index contributed by atoms with van der Waals surface area (Å²) < 4.78 is 11.1. The Hall–Kier alpha value is -1.59. The number of rotatable bonds is 8. The second-order valence-electron chi connectivity index (χ2n) is 11.8. The monoisotopic (exact) mass is 448 g/mol. The zero-order valence-corrected chi connectivity index (χ0v) is 19.8. The van der Waals surface area contributed by atoms with E-state index in [1.54, 1.807) is 0 Å². The molecule has 180 valence electrons. The van der Waals surface area contributed by atoms with E-state index in [0.717, 1.165) is 32.1 Å². The number of aliphatic carboxylic acids is 1. The average molecular weight is 449 g/mol. The summed E-state index contributed by atoms with van der Waals surface area (Å²) in [5.41, 5.74) is 0.347. The van der Waals surface area contributed by atoms with E-state index in [4.69, 9.17) is 14.6 Å². The van der Waals surface area contributed by atoms with Gasteiger partial charge in [-0.05, 0) is 98.2 Å². The van der Waals surface area contributed by atoms with Gasteiger partial charge < -0.3 is 14.6 Å². The van der Waals surface area contributed by atoms with E-state index in [2.05, 4.69) is 20.8 Å². The number of carbonyl (C=O) groups is 3. The minimum atomic E-state index is -0.700. The molecule has 4 rings (SSSR count). The maximum Gasteiger partial charge on any atom is 0.303 e. The van der Waals surface area contributed by atoms with E-state index in [0.29, 0.717) is 42.5 Å². The Morgan fingerprint density at radius 3 is 2.34 bits per heavy atom. The fourth-order valence-electron chi connectivity index (χ4n) is 9.18. The second-order valence-corrected chi connectivity index (χ2v) is 11.8. The van der Waals surface area contributed by atoms with Crippen LogP contribution in [0.2, 0.25) is 0 Å². The highest BCUT2D eigenvalue weighted by Crippen LogP contribution is 2.68. The lowest BCUT2D eigenvalue weighted by molar-refractivity contribution is -0.189. The minimum absolute atomic E-state index is 0.0697. The summed E-state index contributed by atoms with van der Waals surface area (Å²) in [5, 5.41) is 9.16. The normalized spacial score (nSPS) is 46.2. The van der Waals surface area contributed by atoms with Crippen LogP contribution in [0.4, 0.5) is 0 Å². The third-order valence-corrected chi connectivity index (χ3v) is 10.7. The number of fused-ring (bicyclic) bond motifs is 5. The number of hydrogen-bond acceptors (Lipinski definition) is 5. The van der Waals surface area contributed by atoms with Gasteiger partial charge in [-0.1, -0.05) is 20.8 Å². The van der Waals surface area contributed by atoms with Crippen LogP contribution in [0, 0.1) is 46.3 Å². The van der Waals surface area contributed by atoms with Crippen molar-refractivity contribution in [3.05, 3.63) is 0 Å². The lowest BCUT2D eigenvalue weighted by Crippen LogP contribution is -2.59. The summed E-state index contributed by atoms with van der Waals surface area (Å²) in [6, 6.07) is 0. The van der Waals surface area contributed by atoms with Crippen molar-refractivity contribution in [1.29, 1.82) is 0 Å². The molecule has 0 unspecified atom stereocenters. The highest BCUT2D eigenvalue weighted by atomic mass is 16.5. The molecule has 0 aliphatic heterocycles. The smallest absolute Gasteiger partial charge is 0.303 e. The van der Waals surface area contributed by atoms with E-state index < -0.39 is 5.97 Å². The lowest BCUT2D eigenvalue weighted by Gasteiger charge is -2.62. The van der Waals surface area contributed by atoms with Crippen LogP contribution in [-0.4, -0.2) is 36.2 Å². The minimum Gasteiger partial charge on any atom is -0.481 e. The fraction of sp³-hybridized carbons (Fsp3) is 0.885. The Morgan fingerprint density at radius 1 is 0.969 bits per heavy atom. The molecule has 4 fully saturated rings. The van der Waals surface area contributed by atoms with Crippen molar-refractivity contribution in [2.75, 3.05) is 0 Å². The van der Waals surface area contributed by atoms with Gasteiger partial charge in [0.15, 0.2) is 0 Å². The Bertz CT molecular complexity index is 723. The van der Waals surface area contributed by atoms with Gasteiger partial charge in [-0.25, -0.2) is 0 Å². The molecule has 0 bridgehead atoms. The summed E-state index contributed by atoms with van der Waals surface area (Å²) in [7, 11) is 0. The molecule has 4 saturated carbocycles. The maximum absolute atomic E-state index is 11.4. The average Bonchev–Trinajstić information content (AvgIpc) is 3.10. The van der Waals surface area contributed by atoms with Crippen LogP contribution in [0.1, 0.15) is 85.0 Å². The molecule has 0 heterocycles. The lowest BCUT2D eigenvalue weighted by atomic mass is 9.43. The van der Waals surface area contributed by atoms with Crippen molar-refractivity contribution in [3.63, 3.8) is 0 Å². The van der Waals surface area contributed by atoms with Crippen LogP contribution in [0.3, 0.4) is 0 Å². The van der Waals surface area contributed by atoms with Crippen molar-refractivity contribution in [3.8, 4) is 0 Å². The zero-order chi connectivity index (χ0) is 23.1. The van der Waals surface area contributed by atoms with E-state index in [9.17, 15) is 14.4 Å². The number of carboxylic acid groups (broad SMARTS) is 1. The first-order chi connectivity index (χ1) is 15.2. The molecule has 4 aliphatic rings. The summed E-state index contributed by atoms with van der Waals surface area (Å²) in [6.07, 6.45) is 9.21. The van der Waals surface area contributed by atoms with E-state index in [-0.39, 0.29) is 35.4 Å². The van der Waals surface area contributed by atoms with Crippen molar-refractivity contribution in [2.45, 2.75) is 97.2 Å². The molecule has 0 aromatic carbocycles. The summed E-state index contributed by atoms with van der Waals surface area (Å²) in [4.78, 5) is 33.5. The fourth-order valence-corrected chi connectivity index (χ4v) is 9.18. The quantitative estimate of drug-likeness (QED) is 0.535. The summed E-state index contributed by atoms with van der Waals surface area (Å²) in [5.74, 6) is 2.29.